The van der Waals surface area contributed by atoms with E-state index in [1.807, 2.05) is 6.92 Å². The minimum absolute atomic E-state index is 0.162. The molecule has 0 heterocycles. The molecule has 0 radical (unpaired) electrons. The lowest BCUT2D eigenvalue weighted by Gasteiger charge is -2.20. The number of carbonyl (C=O) groups is 2. The Morgan fingerprint density at radius 2 is 2.05 bits per heavy atom. The van der Waals surface area contributed by atoms with Gasteiger partial charge in [0.2, 0.25) is 0 Å². The highest BCUT2D eigenvalue weighted by Gasteiger charge is 2.26. The summed E-state index contributed by atoms with van der Waals surface area (Å²) in [6.45, 7) is 5.08. The van der Waals surface area contributed by atoms with E-state index in [1.54, 1.807) is 6.92 Å². The Kier molecular flexibility index (Phi) is 5.03. The summed E-state index contributed by atoms with van der Waals surface area (Å²) >= 11 is 0. The molecule has 104 valence electrons. The van der Waals surface area contributed by atoms with E-state index in [1.165, 1.54) is 25.1 Å². The molecule has 0 saturated carbocycles. The van der Waals surface area contributed by atoms with Crippen LogP contribution >= 0.6 is 0 Å². The van der Waals surface area contributed by atoms with Crippen LogP contribution in [0.15, 0.2) is 18.2 Å². The first-order chi connectivity index (χ1) is 8.88. The zero-order valence-electron chi connectivity index (χ0n) is 11.2. The molecule has 0 aromatic heterocycles. The molecule has 2 N–H and O–H groups in total. The molecule has 1 aromatic rings. The number of halogens is 1. The highest BCUT2D eigenvalue weighted by Crippen LogP contribution is 2.14. The number of hydrogen-bond donors (Lipinski definition) is 2. The molecule has 0 aliphatic carbocycles. The molecule has 0 aliphatic heterocycles. The van der Waals surface area contributed by atoms with Crippen LogP contribution in [0.2, 0.25) is 0 Å². The van der Waals surface area contributed by atoms with Crippen LogP contribution in [0, 0.1) is 18.7 Å². The van der Waals surface area contributed by atoms with E-state index in [9.17, 15) is 14.0 Å². The average molecular weight is 267 g/mol. The van der Waals surface area contributed by atoms with Crippen LogP contribution in [0.1, 0.15) is 36.2 Å². The van der Waals surface area contributed by atoms with Gasteiger partial charge in [0.15, 0.2) is 0 Å². The van der Waals surface area contributed by atoms with Crippen LogP contribution in [0.4, 0.5) is 4.39 Å². The van der Waals surface area contributed by atoms with Crippen molar-refractivity contribution < 1.29 is 19.1 Å². The predicted molar refractivity (Wildman–Crippen MR) is 69.5 cm³/mol. The number of carboxylic acids is 1. The quantitative estimate of drug-likeness (QED) is 0.860. The summed E-state index contributed by atoms with van der Waals surface area (Å²) in [5, 5.41) is 11.6. The summed E-state index contributed by atoms with van der Waals surface area (Å²) in [4.78, 5) is 23.1. The maximum atomic E-state index is 13.4. The second-order valence-corrected chi connectivity index (χ2v) is 4.59. The monoisotopic (exact) mass is 267 g/mol. The van der Waals surface area contributed by atoms with E-state index in [0.717, 1.165) is 0 Å². The molecule has 5 heteroatoms. The summed E-state index contributed by atoms with van der Waals surface area (Å²) in [6, 6.07) is 3.19. The molecular weight excluding hydrogens is 249 g/mol. The first-order valence-electron chi connectivity index (χ1n) is 6.17. The van der Waals surface area contributed by atoms with Gasteiger partial charge in [-0.1, -0.05) is 26.3 Å². The van der Waals surface area contributed by atoms with E-state index >= 15 is 0 Å². The van der Waals surface area contributed by atoms with Gasteiger partial charge in [-0.2, -0.15) is 0 Å². The summed E-state index contributed by atoms with van der Waals surface area (Å²) in [5.74, 6) is -2.33. The van der Waals surface area contributed by atoms with Crippen LogP contribution in [0.3, 0.4) is 0 Å². The first kappa shape index (κ1) is 15.1. The molecule has 19 heavy (non-hydrogen) atoms. The number of benzene rings is 1. The Labute approximate surface area is 111 Å². The van der Waals surface area contributed by atoms with Crippen LogP contribution in [0.5, 0.6) is 0 Å². The van der Waals surface area contributed by atoms with Crippen molar-refractivity contribution in [3.63, 3.8) is 0 Å². The van der Waals surface area contributed by atoms with Gasteiger partial charge >= 0.3 is 5.97 Å². The Hall–Kier alpha value is -1.91. The van der Waals surface area contributed by atoms with Crippen molar-refractivity contribution in [2.75, 3.05) is 0 Å². The minimum Gasteiger partial charge on any atom is -0.480 e. The normalized spacial score (nSPS) is 13.7. The molecule has 2 atom stereocenters. The molecule has 0 saturated heterocycles. The second-order valence-electron chi connectivity index (χ2n) is 4.59. The van der Waals surface area contributed by atoms with Gasteiger partial charge in [0.1, 0.15) is 11.9 Å². The van der Waals surface area contributed by atoms with Gasteiger partial charge < -0.3 is 10.4 Å². The number of carbonyl (C=O) groups excluding carboxylic acids is 1. The number of rotatable bonds is 5. The third-order valence-electron chi connectivity index (χ3n) is 3.28. The number of amides is 1. The molecule has 1 amide bonds. The fourth-order valence-electron chi connectivity index (χ4n) is 1.76. The first-order valence-corrected chi connectivity index (χ1v) is 6.17. The molecule has 1 rings (SSSR count). The van der Waals surface area contributed by atoms with Gasteiger partial charge in [0.05, 0.1) is 0 Å². The second kappa shape index (κ2) is 6.31. The lowest BCUT2D eigenvalue weighted by atomic mass is 9.98. The molecule has 4 nitrogen and oxygen atoms in total. The highest BCUT2D eigenvalue weighted by atomic mass is 19.1. The van der Waals surface area contributed by atoms with Crippen molar-refractivity contribution in [1.29, 1.82) is 0 Å². The maximum Gasteiger partial charge on any atom is 0.326 e. The van der Waals surface area contributed by atoms with Gasteiger partial charge in [-0.15, -0.1) is 0 Å². The van der Waals surface area contributed by atoms with Crippen LogP contribution in [-0.4, -0.2) is 23.0 Å². The van der Waals surface area contributed by atoms with Gasteiger partial charge in [0.25, 0.3) is 5.91 Å². The number of hydrogen-bond acceptors (Lipinski definition) is 2. The Balaban J connectivity index is 2.94. The largest absolute Gasteiger partial charge is 0.480 e. The van der Waals surface area contributed by atoms with E-state index in [4.69, 9.17) is 5.11 Å². The number of carboxylic acid groups (broad SMARTS) is 1. The van der Waals surface area contributed by atoms with Crippen LogP contribution < -0.4 is 5.32 Å². The summed E-state index contributed by atoms with van der Waals surface area (Å²) < 4.78 is 13.4. The van der Waals surface area contributed by atoms with E-state index in [2.05, 4.69) is 5.32 Å². The molecule has 2 unspecified atom stereocenters. The number of aliphatic carboxylic acids is 1. The smallest absolute Gasteiger partial charge is 0.326 e. The van der Waals surface area contributed by atoms with Gasteiger partial charge in [-0.25, -0.2) is 9.18 Å². The summed E-state index contributed by atoms with van der Waals surface area (Å²) in [5.41, 5.74) is 0.378. The van der Waals surface area contributed by atoms with Crippen molar-refractivity contribution >= 4 is 11.9 Å². The fourth-order valence-corrected chi connectivity index (χ4v) is 1.76. The standard InChI is InChI=1S/C14H18FNO3/c1-4-8(2)12(14(18)19)16-13(17)10-6-5-7-11(15)9(10)3/h5-8,12H,4H2,1-3H3,(H,16,17)(H,18,19). The van der Waals surface area contributed by atoms with E-state index in [0.29, 0.717) is 6.42 Å². The highest BCUT2D eigenvalue weighted by molar-refractivity contribution is 5.97. The van der Waals surface area contributed by atoms with Crippen molar-refractivity contribution in [2.24, 2.45) is 5.92 Å². The lowest BCUT2D eigenvalue weighted by molar-refractivity contribution is -0.140. The molecule has 1 aromatic carbocycles. The minimum atomic E-state index is -1.09. The van der Waals surface area contributed by atoms with Gasteiger partial charge in [0, 0.05) is 5.56 Å². The zero-order valence-corrected chi connectivity index (χ0v) is 11.2. The van der Waals surface area contributed by atoms with Crippen LogP contribution in [-0.2, 0) is 4.79 Å². The summed E-state index contributed by atoms with van der Waals surface area (Å²) in [6.07, 6.45) is 0.624. The molecule has 0 bridgehead atoms. The SMILES string of the molecule is CCC(C)C(NC(=O)c1cccc(F)c1C)C(=O)O. The topological polar surface area (TPSA) is 66.4 Å². The molecule has 0 spiro atoms. The van der Waals surface area contributed by atoms with Crippen LogP contribution in [0.25, 0.3) is 0 Å². The molecule has 0 fully saturated rings. The van der Waals surface area contributed by atoms with Gasteiger partial charge in [-0.05, 0) is 30.5 Å². The van der Waals surface area contributed by atoms with Crippen molar-refractivity contribution in [3.05, 3.63) is 35.1 Å². The van der Waals surface area contributed by atoms with E-state index < -0.39 is 23.7 Å². The van der Waals surface area contributed by atoms with Crippen molar-refractivity contribution in [1.82, 2.24) is 5.32 Å². The average Bonchev–Trinajstić information content (AvgIpc) is 2.37. The third-order valence-corrected chi connectivity index (χ3v) is 3.28. The fraction of sp³-hybridized carbons (Fsp3) is 0.429. The van der Waals surface area contributed by atoms with Crippen molar-refractivity contribution in [3.8, 4) is 0 Å². The molecular formula is C14H18FNO3. The lowest BCUT2D eigenvalue weighted by Crippen LogP contribution is -2.45. The van der Waals surface area contributed by atoms with Gasteiger partial charge in [-0.3, -0.25) is 4.79 Å². The number of nitrogens with one attached hydrogen (secondary N) is 1. The molecule has 0 aliphatic rings. The van der Waals surface area contributed by atoms with Crippen molar-refractivity contribution in [2.45, 2.75) is 33.2 Å². The Bertz CT molecular complexity index is 488. The van der Waals surface area contributed by atoms with E-state index in [-0.39, 0.29) is 17.0 Å². The zero-order chi connectivity index (χ0) is 14.6. The Morgan fingerprint density at radius 1 is 1.42 bits per heavy atom. The predicted octanol–water partition coefficient (Wildman–Crippen LogP) is 2.36. The summed E-state index contributed by atoms with van der Waals surface area (Å²) in [7, 11) is 0. The maximum absolute atomic E-state index is 13.4. The third kappa shape index (κ3) is 3.53. The Morgan fingerprint density at radius 3 is 2.58 bits per heavy atom.